The van der Waals surface area contributed by atoms with E-state index < -0.39 is 0 Å². The maximum Gasteiger partial charge on any atom is 0.220 e. The zero-order chi connectivity index (χ0) is 9.73. The minimum absolute atomic E-state index is 0.0756. The summed E-state index contributed by atoms with van der Waals surface area (Å²) >= 11 is 5.89. The van der Waals surface area contributed by atoms with Crippen LogP contribution in [0, 0.1) is 0 Å². The first kappa shape index (κ1) is 10.8. The lowest BCUT2D eigenvalue weighted by molar-refractivity contribution is -0.122. The second kappa shape index (κ2) is 4.85. The van der Waals surface area contributed by atoms with Gasteiger partial charge in [0.1, 0.15) is 0 Å². The summed E-state index contributed by atoms with van der Waals surface area (Å²) in [5, 5.41) is 3.07. The number of rotatable bonds is 4. The highest BCUT2D eigenvalue weighted by Crippen LogP contribution is 2.30. The molecule has 0 aromatic rings. The standard InChI is InChI=1S/C10H18ClNO/c1-2-5-9(13)12-10(8-11)6-3-4-7-10/h2-8H2,1H3,(H,12,13). The molecule has 1 saturated carbocycles. The molecule has 0 aliphatic heterocycles. The number of carbonyl (C=O) groups is 1. The van der Waals surface area contributed by atoms with Crippen LogP contribution in [0.4, 0.5) is 0 Å². The van der Waals surface area contributed by atoms with Gasteiger partial charge in [0.2, 0.25) is 5.91 Å². The first-order valence-electron chi connectivity index (χ1n) is 5.09. The van der Waals surface area contributed by atoms with E-state index in [-0.39, 0.29) is 11.4 Å². The Hall–Kier alpha value is -0.240. The molecule has 1 amide bonds. The van der Waals surface area contributed by atoms with Gasteiger partial charge in [-0.05, 0) is 19.3 Å². The van der Waals surface area contributed by atoms with Crippen molar-refractivity contribution in [1.29, 1.82) is 0 Å². The third kappa shape index (κ3) is 2.87. The Morgan fingerprint density at radius 2 is 2.08 bits per heavy atom. The quantitative estimate of drug-likeness (QED) is 0.699. The van der Waals surface area contributed by atoms with Gasteiger partial charge >= 0.3 is 0 Å². The largest absolute Gasteiger partial charge is 0.349 e. The van der Waals surface area contributed by atoms with E-state index in [1.54, 1.807) is 0 Å². The molecule has 1 fully saturated rings. The van der Waals surface area contributed by atoms with Gasteiger partial charge in [-0.15, -0.1) is 11.6 Å². The number of nitrogens with one attached hydrogen (secondary N) is 1. The zero-order valence-electron chi connectivity index (χ0n) is 8.24. The molecule has 0 aromatic heterocycles. The fourth-order valence-electron chi connectivity index (χ4n) is 1.93. The minimum atomic E-state index is -0.0756. The van der Waals surface area contributed by atoms with Crippen LogP contribution in [-0.2, 0) is 4.79 Å². The molecule has 0 aromatic carbocycles. The molecule has 76 valence electrons. The molecule has 0 saturated heterocycles. The second-order valence-corrected chi connectivity index (χ2v) is 4.19. The van der Waals surface area contributed by atoms with Gasteiger partial charge in [-0.25, -0.2) is 0 Å². The first-order chi connectivity index (χ1) is 6.22. The summed E-state index contributed by atoms with van der Waals surface area (Å²) < 4.78 is 0. The Morgan fingerprint density at radius 3 is 2.54 bits per heavy atom. The summed E-state index contributed by atoms with van der Waals surface area (Å²) in [4.78, 5) is 11.4. The third-order valence-corrected chi connectivity index (χ3v) is 3.21. The predicted octanol–water partition coefficient (Wildman–Crippen LogP) is 2.45. The van der Waals surface area contributed by atoms with Crippen molar-refractivity contribution in [2.75, 3.05) is 5.88 Å². The summed E-state index contributed by atoms with van der Waals surface area (Å²) in [6.45, 7) is 2.02. The van der Waals surface area contributed by atoms with Crippen molar-refractivity contribution in [3.63, 3.8) is 0 Å². The number of amides is 1. The lowest BCUT2D eigenvalue weighted by Crippen LogP contribution is -2.47. The van der Waals surface area contributed by atoms with Crippen molar-refractivity contribution in [3.8, 4) is 0 Å². The minimum Gasteiger partial charge on any atom is -0.349 e. The van der Waals surface area contributed by atoms with Gasteiger partial charge in [-0.3, -0.25) is 4.79 Å². The van der Waals surface area contributed by atoms with Crippen molar-refractivity contribution >= 4 is 17.5 Å². The van der Waals surface area contributed by atoms with E-state index in [0.29, 0.717) is 12.3 Å². The Bertz CT molecular complexity index is 176. The van der Waals surface area contributed by atoms with E-state index in [1.165, 1.54) is 12.8 Å². The highest BCUT2D eigenvalue weighted by molar-refractivity contribution is 6.18. The van der Waals surface area contributed by atoms with Crippen LogP contribution in [0.1, 0.15) is 45.4 Å². The van der Waals surface area contributed by atoms with Gasteiger partial charge in [0, 0.05) is 12.3 Å². The number of hydrogen-bond acceptors (Lipinski definition) is 1. The van der Waals surface area contributed by atoms with Crippen LogP contribution in [0.25, 0.3) is 0 Å². The van der Waals surface area contributed by atoms with Gasteiger partial charge < -0.3 is 5.32 Å². The lowest BCUT2D eigenvalue weighted by Gasteiger charge is -2.27. The molecule has 0 bridgehead atoms. The smallest absolute Gasteiger partial charge is 0.220 e. The average Bonchev–Trinajstić information content (AvgIpc) is 2.54. The van der Waals surface area contributed by atoms with Crippen molar-refractivity contribution in [2.24, 2.45) is 0 Å². The fraction of sp³-hybridized carbons (Fsp3) is 0.900. The van der Waals surface area contributed by atoms with Gasteiger partial charge in [0.25, 0.3) is 0 Å². The highest BCUT2D eigenvalue weighted by Gasteiger charge is 2.33. The fourth-order valence-corrected chi connectivity index (χ4v) is 2.26. The van der Waals surface area contributed by atoms with E-state index in [2.05, 4.69) is 5.32 Å². The van der Waals surface area contributed by atoms with Crippen LogP contribution >= 0.6 is 11.6 Å². The number of carbonyl (C=O) groups excluding carboxylic acids is 1. The molecule has 0 radical (unpaired) electrons. The molecule has 0 atom stereocenters. The highest BCUT2D eigenvalue weighted by atomic mass is 35.5. The molecule has 1 aliphatic rings. The summed E-state index contributed by atoms with van der Waals surface area (Å²) in [5.74, 6) is 0.715. The van der Waals surface area contributed by atoms with E-state index in [1.807, 2.05) is 6.92 Å². The third-order valence-electron chi connectivity index (χ3n) is 2.70. The first-order valence-corrected chi connectivity index (χ1v) is 5.63. The molecule has 2 nitrogen and oxygen atoms in total. The topological polar surface area (TPSA) is 29.1 Å². The molecule has 0 heterocycles. The van der Waals surface area contributed by atoms with Gasteiger partial charge in [0.05, 0.1) is 5.54 Å². The molecular weight excluding hydrogens is 186 g/mol. The summed E-state index contributed by atoms with van der Waals surface area (Å²) in [6, 6.07) is 0. The van der Waals surface area contributed by atoms with Crippen molar-refractivity contribution < 1.29 is 4.79 Å². The van der Waals surface area contributed by atoms with Crippen LogP contribution in [-0.4, -0.2) is 17.3 Å². The Labute approximate surface area is 85.0 Å². The summed E-state index contributed by atoms with van der Waals surface area (Å²) in [6.07, 6.45) is 6.01. The Kier molecular flexibility index (Phi) is 4.04. The van der Waals surface area contributed by atoms with Gasteiger partial charge in [0.15, 0.2) is 0 Å². The molecule has 1 aliphatic carbocycles. The van der Waals surface area contributed by atoms with Crippen LogP contribution in [0.5, 0.6) is 0 Å². The van der Waals surface area contributed by atoms with E-state index >= 15 is 0 Å². The van der Waals surface area contributed by atoms with Gasteiger partial charge in [-0.2, -0.15) is 0 Å². The molecule has 1 N–H and O–H groups in total. The number of halogens is 1. The molecule has 13 heavy (non-hydrogen) atoms. The number of alkyl halides is 1. The van der Waals surface area contributed by atoms with Gasteiger partial charge in [-0.1, -0.05) is 19.8 Å². The molecule has 0 spiro atoms. The maximum absolute atomic E-state index is 11.4. The van der Waals surface area contributed by atoms with E-state index in [4.69, 9.17) is 11.6 Å². The SMILES string of the molecule is CCCC(=O)NC1(CCl)CCCC1. The molecule has 0 unspecified atom stereocenters. The van der Waals surface area contributed by atoms with Crippen LogP contribution in [0.3, 0.4) is 0 Å². The Morgan fingerprint density at radius 1 is 1.46 bits per heavy atom. The normalized spacial score (nSPS) is 20.2. The summed E-state index contributed by atoms with van der Waals surface area (Å²) in [7, 11) is 0. The maximum atomic E-state index is 11.4. The molecular formula is C10H18ClNO. The van der Waals surface area contributed by atoms with E-state index in [9.17, 15) is 4.79 Å². The van der Waals surface area contributed by atoms with Crippen LogP contribution < -0.4 is 5.32 Å². The monoisotopic (exact) mass is 203 g/mol. The van der Waals surface area contributed by atoms with Crippen LogP contribution in [0.2, 0.25) is 0 Å². The van der Waals surface area contributed by atoms with Crippen molar-refractivity contribution in [2.45, 2.75) is 51.0 Å². The number of hydrogen-bond donors (Lipinski definition) is 1. The average molecular weight is 204 g/mol. The van der Waals surface area contributed by atoms with Crippen molar-refractivity contribution in [3.05, 3.63) is 0 Å². The van der Waals surface area contributed by atoms with E-state index in [0.717, 1.165) is 19.3 Å². The van der Waals surface area contributed by atoms with Crippen LogP contribution in [0.15, 0.2) is 0 Å². The molecule has 1 rings (SSSR count). The zero-order valence-corrected chi connectivity index (χ0v) is 8.99. The lowest BCUT2D eigenvalue weighted by atomic mass is 10.00. The predicted molar refractivity (Wildman–Crippen MR) is 55.0 cm³/mol. The Balaban J connectivity index is 2.43. The van der Waals surface area contributed by atoms with Crippen molar-refractivity contribution in [1.82, 2.24) is 5.32 Å². The molecule has 3 heteroatoms. The second-order valence-electron chi connectivity index (χ2n) is 3.92. The summed E-state index contributed by atoms with van der Waals surface area (Å²) in [5.41, 5.74) is -0.0756.